The molecule has 0 atom stereocenters. The predicted octanol–water partition coefficient (Wildman–Crippen LogP) is 1.07. The first-order valence-corrected chi connectivity index (χ1v) is 7.41. The summed E-state index contributed by atoms with van der Waals surface area (Å²) in [6.07, 6.45) is 0. The van der Waals surface area contributed by atoms with E-state index in [4.69, 9.17) is 5.11 Å². The van der Waals surface area contributed by atoms with Crippen LogP contribution in [0.1, 0.15) is 22.8 Å². The fourth-order valence-corrected chi connectivity index (χ4v) is 2.10. The van der Waals surface area contributed by atoms with Crippen LogP contribution in [0.3, 0.4) is 0 Å². The maximum atomic E-state index is 11.5. The summed E-state index contributed by atoms with van der Waals surface area (Å²) in [5, 5.41) is 11.3. The molecule has 1 aromatic carbocycles. The normalized spacial score (nSPS) is 11.1. The van der Waals surface area contributed by atoms with Gasteiger partial charge in [0.25, 0.3) is 0 Å². The molecule has 0 fully saturated rings. The lowest BCUT2D eigenvalue weighted by Crippen LogP contribution is -2.24. The third-order valence-electron chi connectivity index (χ3n) is 2.54. The Kier molecular flexibility index (Phi) is 4.66. The van der Waals surface area contributed by atoms with Crippen molar-refractivity contribution in [1.29, 1.82) is 0 Å². The molecule has 1 amide bonds. The minimum atomic E-state index is -3.40. The average molecular weight is 285 g/mol. The van der Waals surface area contributed by atoms with Gasteiger partial charge in [-0.2, -0.15) is 0 Å². The number of amides is 1. The Morgan fingerprint density at radius 1 is 1.32 bits per heavy atom. The van der Waals surface area contributed by atoms with Gasteiger partial charge in [0.2, 0.25) is 5.91 Å². The molecule has 0 aliphatic heterocycles. The smallest absolute Gasteiger partial charge is 0.336 e. The van der Waals surface area contributed by atoms with Gasteiger partial charge in [-0.25, -0.2) is 13.2 Å². The van der Waals surface area contributed by atoms with E-state index in [9.17, 15) is 18.0 Å². The summed E-state index contributed by atoms with van der Waals surface area (Å²) in [6.45, 7) is 3.09. The van der Waals surface area contributed by atoms with E-state index in [1.54, 1.807) is 13.0 Å². The minimum Gasteiger partial charge on any atom is -0.478 e. The van der Waals surface area contributed by atoms with Crippen molar-refractivity contribution in [1.82, 2.24) is 0 Å². The van der Waals surface area contributed by atoms with Crippen LogP contribution >= 0.6 is 0 Å². The summed E-state index contributed by atoms with van der Waals surface area (Å²) >= 11 is 0. The third kappa shape index (κ3) is 4.36. The zero-order valence-electron chi connectivity index (χ0n) is 10.6. The van der Waals surface area contributed by atoms with Crippen molar-refractivity contribution in [2.24, 2.45) is 0 Å². The van der Waals surface area contributed by atoms with Crippen molar-refractivity contribution >= 4 is 27.4 Å². The number of carboxylic acid groups (broad SMARTS) is 1. The van der Waals surface area contributed by atoms with Gasteiger partial charge in [0.15, 0.2) is 9.84 Å². The quantitative estimate of drug-likeness (QED) is 0.842. The fourth-order valence-electron chi connectivity index (χ4n) is 1.43. The van der Waals surface area contributed by atoms with Gasteiger partial charge in [0.1, 0.15) is 5.75 Å². The standard InChI is InChI=1S/C12H15NO5S/c1-3-19(17,18)7-11(14)13-9-5-4-8(2)10(6-9)12(15)16/h4-6H,3,7H2,1-2H3,(H,13,14)(H,15,16). The Morgan fingerprint density at radius 2 is 1.95 bits per heavy atom. The molecule has 0 aliphatic rings. The molecule has 1 rings (SSSR count). The Labute approximate surface area is 111 Å². The van der Waals surface area contributed by atoms with E-state index in [0.717, 1.165) is 0 Å². The molecular weight excluding hydrogens is 270 g/mol. The van der Waals surface area contributed by atoms with E-state index in [-0.39, 0.29) is 17.0 Å². The predicted molar refractivity (Wildman–Crippen MR) is 71.1 cm³/mol. The molecular formula is C12H15NO5S. The summed E-state index contributed by atoms with van der Waals surface area (Å²) < 4.78 is 22.5. The number of hydrogen-bond donors (Lipinski definition) is 2. The van der Waals surface area contributed by atoms with E-state index < -0.39 is 27.5 Å². The number of carbonyl (C=O) groups excluding carboxylic acids is 1. The SMILES string of the molecule is CCS(=O)(=O)CC(=O)Nc1ccc(C)c(C(=O)O)c1. The van der Waals surface area contributed by atoms with Crippen LogP contribution in [0.4, 0.5) is 5.69 Å². The lowest BCUT2D eigenvalue weighted by Gasteiger charge is -2.07. The van der Waals surface area contributed by atoms with E-state index in [1.807, 2.05) is 0 Å². The van der Waals surface area contributed by atoms with Crippen LogP contribution in [0.15, 0.2) is 18.2 Å². The van der Waals surface area contributed by atoms with Gasteiger partial charge in [-0.05, 0) is 24.6 Å². The van der Waals surface area contributed by atoms with Crippen LogP contribution in [-0.4, -0.2) is 36.9 Å². The fraction of sp³-hybridized carbons (Fsp3) is 0.333. The highest BCUT2D eigenvalue weighted by Crippen LogP contribution is 2.15. The highest BCUT2D eigenvalue weighted by molar-refractivity contribution is 7.92. The number of nitrogens with one attached hydrogen (secondary N) is 1. The van der Waals surface area contributed by atoms with Crippen molar-refractivity contribution in [3.8, 4) is 0 Å². The molecule has 7 heteroatoms. The van der Waals surface area contributed by atoms with Gasteiger partial charge >= 0.3 is 5.97 Å². The highest BCUT2D eigenvalue weighted by atomic mass is 32.2. The van der Waals surface area contributed by atoms with Gasteiger partial charge in [0, 0.05) is 11.4 Å². The molecule has 1 aromatic rings. The van der Waals surface area contributed by atoms with Crippen LogP contribution in [0, 0.1) is 6.92 Å². The van der Waals surface area contributed by atoms with E-state index in [1.165, 1.54) is 19.1 Å². The van der Waals surface area contributed by atoms with Gasteiger partial charge in [-0.1, -0.05) is 13.0 Å². The molecule has 19 heavy (non-hydrogen) atoms. The molecule has 6 nitrogen and oxygen atoms in total. The zero-order chi connectivity index (χ0) is 14.6. The first-order valence-electron chi connectivity index (χ1n) is 5.59. The van der Waals surface area contributed by atoms with E-state index in [0.29, 0.717) is 5.56 Å². The summed E-state index contributed by atoms with van der Waals surface area (Å²) in [5.41, 5.74) is 0.891. The number of hydrogen-bond acceptors (Lipinski definition) is 4. The maximum Gasteiger partial charge on any atom is 0.336 e. The summed E-state index contributed by atoms with van der Waals surface area (Å²) in [4.78, 5) is 22.4. The Morgan fingerprint density at radius 3 is 2.47 bits per heavy atom. The minimum absolute atomic E-state index is 0.0659. The van der Waals surface area contributed by atoms with Crippen LogP contribution in [-0.2, 0) is 14.6 Å². The number of carbonyl (C=O) groups is 2. The second kappa shape index (κ2) is 5.83. The van der Waals surface area contributed by atoms with Crippen LogP contribution in [0.2, 0.25) is 0 Å². The highest BCUT2D eigenvalue weighted by Gasteiger charge is 2.15. The molecule has 0 unspecified atom stereocenters. The molecule has 104 valence electrons. The largest absolute Gasteiger partial charge is 0.478 e. The first-order chi connectivity index (χ1) is 8.75. The number of rotatable bonds is 5. The molecule has 2 N–H and O–H groups in total. The molecule has 0 heterocycles. The summed E-state index contributed by atoms with van der Waals surface area (Å²) in [6, 6.07) is 4.37. The lowest BCUT2D eigenvalue weighted by atomic mass is 10.1. The number of carboxylic acids is 1. The first kappa shape index (κ1) is 15.2. The van der Waals surface area contributed by atoms with Crippen molar-refractivity contribution in [2.45, 2.75) is 13.8 Å². The third-order valence-corrected chi connectivity index (χ3v) is 4.12. The van der Waals surface area contributed by atoms with Crippen molar-refractivity contribution in [2.75, 3.05) is 16.8 Å². The van der Waals surface area contributed by atoms with E-state index in [2.05, 4.69) is 5.32 Å². The molecule has 0 aliphatic carbocycles. The number of anilines is 1. The maximum absolute atomic E-state index is 11.5. The summed E-state index contributed by atoms with van der Waals surface area (Å²) in [7, 11) is -3.40. The average Bonchev–Trinajstić information content (AvgIpc) is 2.30. The molecule has 0 bridgehead atoms. The van der Waals surface area contributed by atoms with Crippen LogP contribution in [0.25, 0.3) is 0 Å². The van der Waals surface area contributed by atoms with Gasteiger partial charge in [0.05, 0.1) is 5.56 Å². The lowest BCUT2D eigenvalue weighted by molar-refractivity contribution is -0.113. The second-order valence-electron chi connectivity index (χ2n) is 4.06. The molecule has 0 saturated carbocycles. The van der Waals surface area contributed by atoms with Gasteiger partial charge in [-0.3, -0.25) is 4.79 Å². The summed E-state index contributed by atoms with van der Waals surface area (Å²) in [5.74, 6) is -2.51. The second-order valence-corrected chi connectivity index (χ2v) is 6.41. The Hall–Kier alpha value is -1.89. The molecule has 0 saturated heterocycles. The number of aromatic carboxylic acids is 1. The van der Waals surface area contributed by atoms with Crippen molar-refractivity contribution in [3.63, 3.8) is 0 Å². The number of sulfone groups is 1. The topological polar surface area (TPSA) is 101 Å². The number of aryl methyl sites for hydroxylation is 1. The number of benzene rings is 1. The monoisotopic (exact) mass is 285 g/mol. The van der Waals surface area contributed by atoms with Gasteiger partial charge in [-0.15, -0.1) is 0 Å². The van der Waals surface area contributed by atoms with E-state index >= 15 is 0 Å². The molecule has 0 radical (unpaired) electrons. The Balaban J connectivity index is 2.86. The zero-order valence-corrected chi connectivity index (χ0v) is 11.5. The van der Waals surface area contributed by atoms with Gasteiger partial charge < -0.3 is 10.4 Å². The van der Waals surface area contributed by atoms with Crippen LogP contribution in [0.5, 0.6) is 0 Å². The molecule has 0 spiro atoms. The van der Waals surface area contributed by atoms with Crippen molar-refractivity contribution in [3.05, 3.63) is 29.3 Å². The molecule has 0 aromatic heterocycles. The van der Waals surface area contributed by atoms with Crippen LogP contribution < -0.4 is 5.32 Å². The van der Waals surface area contributed by atoms with Crippen molar-refractivity contribution < 1.29 is 23.1 Å². The Bertz CT molecular complexity index is 607.